The van der Waals surface area contributed by atoms with E-state index in [-0.39, 0.29) is 18.0 Å². The van der Waals surface area contributed by atoms with Crippen LogP contribution in [0.15, 0.2) is 34.9 Å². The number of carbonyl (C=O) groups is 2. The van der Waals surface area contributed by atoms with Crippen molar-refractivity contribution in [2.75, 3.05) is 18.4 Å². The normalized spacial score (nSPS) is 15.0. The van der Waals surface area contributed by atoms with Crippen molar-refractivity contribution in [2.24, 2.45) is 0 Å². The molecule has 0 unspecified atom stereocenters. The molecule has 1 aliphatic rings. The molecule has 3 amide bonds. The molecule has 1 aliphatic heterocycles. The third-order valence-electron chi connectivity index (χ3n) is 4.19. The average molecular weight is 342 g/mol. The number of rotatable bonds is 3. The van der Waals surface area contributed by atoms with Crippen LogP contribution >= 0.6 is 0 Å². The molecule has 0 aliphatic carbocycles. The molecule has 0 bridgehead atoms. The van der Waals surface area contributed by atoms with E-state index in [2.05, 4.69) is 15.6 Å². The van der Waals surface area contributed by atoms with Crippen LogP contribution in [-0.4, -0.2) is 41.0 Å². The fourth-order valence-electron chi connectivity index (χ4n) is 3.03. The van der Waals surface area contributed by atoms with E-state index in [0.717, 1.165) is 11.3 Å². The van der Waals surface area contributed by atoms with Gasteiger partial charge in [-0.3, -0.25) is 10.1 Å². The minimum absolute atomic E-state index is 0.0338. The molecule has 7 nitrogen and oxygen atoms in total. The lowest BCUT2D eigenvalue weighted by molar-refractivity contribution is 0.0676. The van der Waals surface area contributed by atoms with Gasteiger partial charge in [0.05, 0.1) is 6.26 Å². The first-order valence-corrected chi connectivity index (χ1v) is 8.37. The van der Waals surface area contributed by atoms with Gasteiger partial charge in [-0.2, -0.15) is 0 Å². The van der Waals surface area contributed by atoms with Crippen molar-refractivity contribution in [2.45, 2.75) is 32.7 Å². The fraction of sp³-hybridized carbons (Fsp3) is 0.389. The van der Waals surface area contributed by atoms with Gasteiger partial charge in [-0.25, -0.2) is 9.78 Å². The summed E-state index contributed by atoms with van der Waals surface area (Å²) < 4.78 is 5.15. The second-order valence-corrected chi connectivity index (χ2v) is 6.31. The fourth-order valence-corrected chi connectivity index (χ4v) is 3.03. The van der Waals surface area contributed by atoms with Crippen LogP contribution in [0.25, 0.3) is 0 Å². The number of anilines is 1. The molecule has 1 fully saturated rings. The Morgan fingerprint density at radius 1 is 1.24 bits per heavy atom. The van der Waals surface area contributed by atoms with Crippen LogP contribution in [0.5, 0.6) is 0 Å². The lowest BCUT2D eigenvalue weighted by atomic mass is 10.0. The number of amides is 3. The van der Waals surface area contributed by atoms with Crippen molar-refractivity contribution in [3.05, 3.63) is 47.5 Å². The van der Waals surface area contributed by atoms with E-state index in [1.165, 1.54) is 6.26 Å². The maximum atomic E-state index is 12.2. The summed E-state index contributed by atoms with van der Waals surface area (Å²) in [5.41, 5.74) is 1.91. The largest absolute Gasteiger partial charge is 0.459 e. The summed E-state index contributed by atoms with van der Waals surface area (Å²) in [4.78, 5) is 30.4. The Morgan fingerprint density at radius 3 is 2.64 bits per heavy atom. The van der Waals surface area contributed by atoms with Crippen LogP contribution in [0.2, 0.25) is 0 Å². The Balaban J connectivity index is 1.48. The number of hydrogen-bond acceptors (Lipinski definition) is 4. The summed E-state index contributed by atoms with van der Waals surface area (Å²) in [5, 5.41) is 5.72. The highest BCUT2D eigenvalue weighted by atomic mass is 16.3. The van der Waals surface area contributed by atoms with Gasteiger partial charge in [0.1, 0.15) is 5.82 Å². The molecule has 0 aromatic carbocycles. The smallest absolute Gasteiger partial charge is 0.320 e. The van der Waals surface area contributed by atoms with Crippen molar-refractivity contribution in [3.8, 4) is 0 Å². The van der Waals surface area contributed by atoms with Gasteiger partial charge in [0.15, 0.2) is 5.76 Å². The summed E-state index contributed by atoms with van der Waals surface area (Å²) in [6, 6.07) is 6.91. The topological polar surface area (TPSA) is 87.5 Å². The molecule has 1 saturated heterocycles. The molecule has 3 rings (SSSR count). The van der Waals surface area contributed by atoms with E-state index in [1.54, 1.807) is 17.0 Å². The maximum Gasteiger partial charge on any atom is 0.320 e. The number of nitrogens with one attached hydrogen (secondary N) is 2. The van der Waals surface area contributed by atoms with Crippen LogP contribution in [0.1, 0.15) is 34.7 Å². The van der Waals surface area contributed by atoms with E-state index >= 15 is 0 Å². The Labute approximate surface area is 146 Å². The first-order valence-electron chi connectivity index (χ1n) is 8.37. The summed E-state index contributed by atoms with van der Waals surface area (Å²) in [6.45, 7) is 5.03. The van der Waals surface area contributed by atoms with Gasteiger partial charge >= 0.3 is 6.03 Å². The summed E-state index contributed by atoms with van der Waals surface area (Å²) in [5.74, 6) is 0.790. The highest BCUT2D eigenvalue weighted by Gasteiger charge is 2.25. The monoisotopic (exact) mass is 342 g/mol. The van der Waals surface area contributed by atoms with E-state index in [4.69, 9.17) is 4.42 Å². The molecule has 3 heterocycles. The van der Waals surface area contributed by atoms with E-state index < -0.39 is 0 Å². The zero-order chi connectivity index (χ0) is 17.8. The SMILES string of the molecule is Cc1cc(C)nc(NC(=O)NC2CCN(C(=O)c3ccco3)CC2)c1. The minimum atomic E-state index is -0.270. The number of piperidine rings is 1. The molecule has 0 radical (unpaired) electrons. The Bertz CT molecular complexity index is 729. The Kier molecular flexibility index (Phi) is 5.02. The number of nitrogens with zero attached hydrogens (tertiary/aromatic N) is 2. The molecule has 0 saturated carbocycles. The first kappa shape index (κ1) is 17.0. The zero-order valence-corrected chi connectivity index (χ0v) is 14.4. The maximum absolute atomic E-state index is 12.2. The Morgan fingerprint density at radius 2 is 2.00 bits per heavy atom. The molecule has 7 heteroatoms. The van der Waals surface area contributed by atoms with E-state index in [9.17, 15) is 9.59 Å². The molecule has 2 aromatic heterocycles. The van der Waals surface area contributed by atoms with Gasteiger partial charge in [-0.1, -0.05) is 0 Å². The van der Waals surface area contributed by atoms with Gasteiger partial charge < -0.3 is 14.6 Å². The van der Waals surface area contributed by atoms with Crippen molar-refractivity contribution in [1.82, 2.24) is 15.2 Å². The van der Waals surface area contributed by atoms with Crippen LogP contribution in [0, 0.1) is 13.8 Å². The van der Waals surface area contributed by atoms with Crippen molar-refractivity contribution < 1.29 is 14.0 Å². The number of furan rings is 1. The summed E-state index contributed by atoms with van der Waals surface area (Å²) >= 11 is 0. The highest BCUT2D eigenvalue weighted by Crippen LogP contribution is 2.15. The number of carbonyl (C=O) groups excluding carboxylic acids is 2. The molecule has 25 heavy (non-hydrogen) atoms. The van der Waals surface area contributed by atoms with Crippen LogP contribution in [-0.2, 0) is 0 Å². The quantitative estimate of drug-likeness (QED) is 0.898. The molecule has 132 valence electrons. The second-order valence-electron chi connectivity index (χ2n) is 6.31. The summed E-state index contributed by atoms with van der Waals surface area (Å²) in [6.07, 6.45) is 2.91. The van der Waals surface area contributed by atoms with Crippen molar-refractivity contribution in [1.29, 1.82) is 0 Å². The molecule has 0 atom stereocenters. The Hall–Kier alpha value is -2.83. The number of likely N-dealkylation sites (tertiary alicyclic amines) is 1. The highest BCUT2D eigenvalue weighted by molar-refractivity contribution is 5.91. The molecular formula is C18H22N4O3. The van der Waals surface area contributed by atoms with Crippen molar-refractivity contribution in [3.63, 3.8) is 0 Å². The minimum Gasteiger partial charge on any atom is -0.459 e. The number of urea groups is 1. The standard InChI is InChI=1S/C18H22N4O3/c1-12-10-13(2)19-16(11-12)21-18(24)20-14-5-7-22(8-6-14)17(23)15-4-3-9-25-15/h3-4,9-11,14H,5-8H2,1-2H3,(H2,19,20,21,24). The van der Waals surface area contributed by atoms with Crippen LogP contribution < -0.4 is 10.6 Å². The van der Waals surface area contributed by atoms with E-state index in [0.29, 0.717) is 37.5 Å². The third-order valence-corrected chi connectivity index (χ3v) is 4.19. The van der Waals surface area contributed by atoms with Gasteiger partial charge in [-0.15, -0.1) is 0 Å². The zero-order valence-electron chi connectivity index (χ0n) is 14.4. The van der Waals surface area contributed by atoms with Crippen LogP contribution in [0.3, 0.4) is 0 Å². The molecular weight excluding hydrogens is 320 g/mol. The lowest BCUT2D eigenvalue weighted by Crippen LogP contribution is -2.47. The first-order chi connectivity index (χ1) is 12.0. The van der Waals surface area contributed by atoms with Gasteiger partial charge in [0, 0.05) is 24.8 Å². The van der Waals surface area contributed by atoms with Crippen molar-refractivity contribution >= 4 is 17.8 Å². The molecule has 0 spiro atoms. The number of pyridine rings is 1. The van der Waals surface area contributed by atoms with Gasteiger partial charge in [0.2, 0.25) is 0 Å². The lowest BCUT2D eigenvalue weighted by Gasteiger charge is -2.31. The number of aryl methyl sites for hydroxylation is 2. The van der Waals surface area contributed by atoms with Gasteiger partial charge in [-0.05, 0) is 56.5 Å². The molecule has 2 aromatic rings. The predicted molar refractivity (Wildman–Crippen MR) is 93.5 cm³/mol. The summed E-state index contributed by atoms with van der Waals surface area (Å²) in [7, 11) is 0. The van der Waals surface area contributed by atoms with Gasteiger partial charge in [0.25, 0.3) is 5.91 Å². The third kappa shape index (κ3) is 4.37. The molecule has 2 N–H and O–H groups in total. The van der Waals surface area contributed by atoms with E-state index in [1.807, 2.05) is 26.0 Å². The number of aromatic nitrogens is 1. The second kappa shape index (κ2) is 7.38. The average Bonchev–Trinajstić information content (AvgIpc) is 3.08. The number of hydrogen-bond donors (Lipinski definition) is 2. The predicted octanol–water partition coefficient (Wildman–Crippen LogP) is 2.72. The van der Waals surface area contributed by atoms with Crippen LogP contribution in [0.4, 0.5) is 10.6 Å².